The average molecular weight is 234 g/mol. The fourth-order valence-corrected chi connectivity index (χ4v) is 1.25. The Morgan fingerprint density at radius 1 is 1.44 bits per heavy atom. The van der Waals surface area contributed by atoms with Crippen molar-refractivity contribution >= 4 is 5.97 Å². The summed E-state index contributed by atoms with van der Waals surface area (Å²) >= 11 is 0. The highest BCUT2D eigenvalue weighted by Crippen LogP contribution is 2.30. The van der Waals surface area contributed by atoms with Crippen LogP contribution in [0.4, 0.5) is 13.2 Å². The molecule has 0 aliphatic rings. The number of carboxylic acids is 1. The minimum absolute atomic E-state index is 0.00447. The highest BCUT2D eigenvalue weighted by Gasteiger charge is 2.31. The van der Waals surface area contributed by atoms with Crippen molar-refractivity contribution in [2.75, 3.05) is 7.11 Å². The van der Waals surface area contributed by atoms with Crippen LogP contribution < -0.4 is 0 Å². The van der Waals surface area contributed by atoms with Crippen LogP contribution in [0.1, 0.15) is 21.5 Å². The van der Waals surface area contributed by atoms with Crippen LogP contribution in [-0.2, 0) is 17.5 Å². The topological polar surface area (TPSA) is 46.5 Å². The van der Waals surface area contributed by atoms with Gasteiger partial charge in [0, 0.05) is 7.11 Å². The number of halogens is 3. The lowest BCUT2D eigenvalue weighted by atomic mass is 10.0. The number of methoxy groups -OCH3 is 1. The van der Waals surface area contributed by atoms with Crippen LogP contribution in [0.2, 0.25) is 0 Å². The molecule has 3 nitrogen and oxygen atoms in total. The van der Waals surface area contributed by atoms with Crippen molar-refractivity contribution in [2.45, 2.75) is 12.8 Å². The van der Waals surface area contributed by atoms with Gasteiger partial charge in [-0.1, -0.05) is 0 Å². The van der Waals surface area contributed by atoms with Crippen LogP contribution in [-0.4, -0.2) is 18.2 Å². The average Bonchev–Trinajstić information content (AvgIpc) is 2.16. The van der Waals surface area contributed by atoms with Gasteiger partial charge in [-0.15, -0.1) is 0 Å². The highest BCUT2D eigenvalue weighted by atomic mass is 19.4. The SMILES string of the molecule is COCc1cc(C(F)(F)F)ccc1C(=O)O. The molecule has 1 N–H and O–H groups in total. The number of hydrogen-bond donors (Lipinski definition) is 1. The summed E-state index contributed by atoms with van der Waals surface area (Å²) in [5.74, 6) is -1.28. The van der Waals surface area contributed by atoms with Crippen molar-refractivity contribution in [3.05, 3.63) is 34.9 Å². The van der Waals surface area contributed by atoms with E-state index in [1.807, 2.05) is 0 Å². The van der Waals surface area contributed by atoms with Gasteiger partial charge in [-0.2, -0.15) is 13.2 Å². The molecule has 1 aromatic carbocycles. The molecule has 0 heterocycles. The molecule has 0 aliphatic carbocycles. The maximum absolute atomic E-state index is 12.4. The monoisotopic (exact) mass is 234 g/mol. The van der Waals surface area contributed by atoms with Crippen LogP contribution in [0, 0.1) is 0 Å². The van der Waals surface area contributed by atoms with Crippen molar-refractivity contribution in [3.8, 4) is 0 Å². The van der Waals surface area contributed by atoms with Gasteiger partial charge in [0.15, 0.2) is 0 Å². The lowest BCUT2D eigenvalue weighted by Gasteiger charge is -2.10. The number of aromatic carboxylic acids is 1. The van der Waals surface area contributed by atoms with Gasteiger partial charge >= 0.3 is 12.1 Å². The van der Waals surface area contributed by atoms with E-state index in [1.165, 1.54) is 7.11 Å². The number of hydrogen-bond acceptors (Lipinski definition) is 2. The third kappa shape index (κ3) is 2.73. The van der Waals surface area contributed by atoms with Gasteiger partial charge < -0.3 is 9.84 Å². The van der Waals surface area contributed by atoms with Gasteiger partial charge in [0.2, 0.25) is 0 Å². The summed E-state index contributed by atoms with van der Waals surface area (Å²) in [6.45, 7) is -0.175. The Bertz CT molecular complexity index is 399. The van der Waals surface area contributed by atoms with Crippen LogP contribution in [0.5, 0.6) is 0 Å². The second-order valence-corrected chi connectivity index (χ2v) is 3.11. The summed E-state index contributed by atoms with van der Waals surface area (Å²) in [6.07, 6.45) is -4.49. The predicted molar refractivity (Wildman–Crippen MR) is 49.1 cm³/mol. The molecule has 16 heavy (non-hydrogen) atoms. The molecule has 0 aromatic heterocycles. The maximum Gasteiger partial charge on any atom is 0.416 e. The molecule has 0 amide bonds. The standard InChI is InChI=1S/C10H9F3O3/c1-16-5-6-4-7(10(11,12)13)2-3-8(6)9(14)15/h2-4H,5H2,1H3,(H,14,15). The quantitative estimate of drug-likeness (QED) is 0.874. The zero-order chi connectivity index (χ0) is 12.3. The van der Waals surface area contributed by atoms with Crippen molar-refractivity contribution < 1.29 is 27.8 Å². The lowest BCUT2D eigenvalue weighted by molar-refractivity contribution is -0.137. The number of rotatable bonds is 3. The van der Waals surface area contributed by atoms with E-state index in [0.717, 1.165) is 18.2 Å². The Morgan fingerprint density at radius 3 is 2.50 bits per heavy atom. The molecular weight excluding hydrogens is 225 g/mol. The zero-order valence-electron chi connectivity index (χ0n) is 8.34. The number of ether oxygens (including phenoxy) is 1. The Morgan fingerprint density at radius 2 is 2.06 bits per heavy atom. The van der Waals surface area contributed by atoms with Crippen molar-refractivity contribution in [1.29, 1.82) is 0 Å². The molecular formula is C10H9F3O3. The normalized spacial score (nSPS) is 11.5. The highest BCUT2D eigenvalue weighted by molar-refractivity contribution is 5.89. The predicted octanol–water partition coefficient (Wildman–Crippen LogP) is 2.55. The zero-order valence-corrected chi connectivity index (χ0v) is 8.34. The number of benzene rings is 1. The van der Waals surface area contributed by atoms with E-state index in [1.54, 1.807) is 0 Å². The Labute approximate surface area is 89.5 Å². The number of alkyl halides is 3. The first-order valence-corrected chi connectivity index (χ1v) is 4.28. The van der Waals surface area contributed by atoms with E-state index in [0.29, 0.717) is 0 Å². The summed E-state index contributed by atoms with van der Waals surface area (Å²) in [7, 11) is 1.28. The van der Waals surface area contributed by atoms with Gasteiger partial charge in [0.1, 0.15) is 0 Å². The fourth-order valence-electron chi connectivity index (χ4n) is 1.25. The number of carboxylic acid groups (broad SMARTS) is 1. The first-order chi connectivity index (χ1) is 7.36. The fraction of sp³-hybridized carbons (Fsp3) is 0.300. The first-order valence-electron chi connectivity index (χ1n) is 4.28. The summed E-state index contributed by atoms with van der Waals surface area (Å²) in [5, 5.41) is 8.75. The van der Waals surface area contributed by atoms with Crippen LogP contribution in [0.15, 0.2) is 18.2 Å². The van der Waals surface area contributed by atoms with Crippen molar-refractivity contribution in [3.63, 3.8) is 0 Å². The maximum atomic E-state index is 12.4. The summed E-state index contributed by atoms with van der Waals surface area (Å²) in [6, 6.07) is 2.45. The molecule has 1 aromatic rings. The molecule has 0 aliphatic heterocycles. The van der Waals surface area contributed by atoms with Crippen molar-refractivity contribution in [1.82, 2.24) is 0 Å². The van der Waals surface area contributed by atoms with E-state index in [-0.39, 0.29) is 17.7 Å². The largest absolute Gasteiger partial charge is 0.478 e. The summed E-state index contributed by atoms with van der Waals surface area (Å²) in [5.41, 5.74) is -1.07. The van der Waals surface area contributed by atoms with E-state index in [4.69, 9.17) is 5.11 Å². The van der Waals surface area contributed by atoms with Crippen LogP contribution >= 0.6 is 0 Å². The van der Waals surface area contributed by atoms with Gasteiger partial charge in [-0.25, -0.2) is 4.79 Å². The first kappa shape index (κ1) is 12.5. The van der Waals surface area contributed by atoms with E-state index >= 15 is 0 Å². The third-order valence-electron chi connectivity index (χ3n) is 1.96. The lowest BCUT2D eigenvalue weighted by Crippen LogP contribution is -2.09. The second kappa shape index (κ2) is 4.52. The smallest absolute Gasteiger partial charge is 0.416 e. The molecule has 0 spiro atoms. The molecule has 0 fully saturated rings. The molecule has 0 bridgehead atoms. The van der Waals surface area contributed by atoms with Gasteiger partial charge in [0.05, 0.1) is 17.7 Å². The van der Waals surface area contributed by atoms with Crippen LogP contribution in [0.3, 0.4) is 0 Å². The van der Waals surface area contributed by atoms with E-state index < -0.39 is 17.7 Å². The minimum Gasteiger partial charge on any atom is -0.478 e. The van der Waals surface area contributed by atoms with Gasteiger partial charge in [-0.3, -0.25) is 0 Å². The molecule has 0 radical (unpaired) electrons. The number of carbonyl (C=O) groups is 1. The molecule has 0 saturated heterocycles. The summed E-state index contributed by atoms with van der Waals surface area (Å²) in [4.78, 5) is 10.7. The summed E-state index contributed by atoms with van der Waals surface area (Å²) < 4.78 is 41.7. The van der Waals surface area contributed by atoms with Crippen LogP contribution in [0.25, 0.3) is 0 Å². The van der Waals surface area contributed by atoms with E-state index in [2.05, 4.69) is 4.74 Å². The molecule has 0 atom stereocenters. The minimum atomic E-state index is -4.49. The Balaban J connectivity index is 3.22. The molecule has 0 saturated carbocycles. The van der Waals surface area contributed by atoms with Gasteiger partial charge in [0.25, 0.3) is 0 Å². The van der Waals surface area contributed by atoms with E-state index in [9.17, 15) is 18.0 Å². The second-order valence-electron chi connectivity index (χ2n) is 3.11. The molecule has 6 heteroatoms. The molecule has 0 unspecified atom stereocenters. The molecule has 88 valence electrons. The third-order valence-corrected chi connectivity index (χ3v) is 1.96. The molecule has 1 rings (SSSR count). The Kier molecular flexibility index (Phi) is 3.54. The Hall–Kier alpha value is -1.56. The van der Waals surface area contributed by atoms with Gasteiger partial charge in [-0.05, 0) is 23.8 Å². The van der Waals surface area contributed by atoms with Crippen molar-refractivity contribution in [2.24, 2.45) is 0 Å².